The van der Waals surface area contributed by atoms with Crippen LogP contribution in [-0.2, 0) is 6.42 Å². The van der Waals surface area contributed by atoms with Gasteiger partial charge < -0.3 is 4.90 Å². The summed E-state index contributed by atoms with van der Waals surface area (Å²) in [5.74, 6) is 0. The minimum atomic E-state index is 0.553. The van der Waals surface area contributed by atoms with Crippen LogP contribution in [0.5, 0.6) is 0 Å². The molecular weight excluding hydrogens is 260 g/mol. The molecule has 3 heterocycles. The number of nitrogens with zero attached hydrogens (tertiary/aromatic N) is 4. The lowest BCUT2D eigenvalue weighted by atomic mass is 10.1. The Bertz CT molecular complexity index is 576. The first-order valence-electron chi connectivity index (χ1n) is 7.86. The van der Waals surface area contributed by atoms with Crippen molar-refractivity contribution in [3.05, 3.63) is 47.5 Å². The molecule has 1 aliphatic heterocycles. The van der Waals surface area contributed by atoms with E-state index < -0.39 is 0 Å². The fourth-order valence-corrected chi connectivity index (χ4v) is 3.28. The maximum absolute atomic E-state index is 4.64. The van der Waals surface area contributed by atoms with Crippen LogP contribution in [0.25, 0.3) is 0 Å². The summed E-state index contributed by atoms with van der Waals surface area (Å²) in [6, 6.07) is 6.90. The van der Waals surface area contributed by atoms with Gasteiger partial charge in [-0.05, 0) is 57.4 Å². The maximum Gasteiger partial charge on any atom is 0.0661 e. The van der Waals surface area contributed by atoms with Crippen LogP contribution in [0.4, 0.5) is 0 Å². The molecule has 0 radical (unpaired) electrons. The van der Waals surface area contributed by atoms with Gasteiger partial charge in [0.1, 0.15) is 0 Å². The van der Waals surface area contributed by atoms with Crippen LogP contribution in [0.1, 0.15) is 35.8 Å². The second-order valence-corrected chi connectivity index (χ2v) is 6.08. The summed E-state index contributed by atoms with van der Waals surface area (Å²) in [6.07, 6.45) is 7.35. The zero-order valence-corrected chi connectivity index (χ0v) is 13.0. The SMILES string of the molecule is Cc1cc(C)n(C2CCN(CCCc3cccnc3)C2)n1. The molecule has 2 aromatic rings. The minimum absolute atomic E-state index is 0.553. The standard InChI is InChI=1S/C17H24N4/c1-14-11-15(2)21(19-14)17-7-10-20(13-17)9-4-6-16-5-3-8-18-12-16/h3,5,8,11-12,17H,4,6-7,9-10,13H2,1-2H3. The first-order chi connectivity index (χ1) is 10.2. The van der Waals surface area contributed by atoms with Gasteiger partial charge in [-0.15, -0.1) is 0 Å². The molecule has 1 atom stereocenters. The monoisotopic (exact) mass is 284 g/mol. The predicted molar refractivity (Wildman–Crippen MR) is 84.4 cm³/mol. The third-order valence-electron chi connectivity index (χ3n) is 4.30. The Hall–Kier alpha value is -1.68. The fourth-order valence-electron chi connectivity index (χ4n) is 3.28. The number of likely N-dealkylation sites (tertiary alicyclic amines) is 1. The molecule has 0 N–H and O–H groups in total. The number of rotatable bonds is 5. The summed E-state index contributed by atoms with van der Waals surface area (Å²) in [4.78, 5) is 6.74. The van der Waals surface area contributed by atoms with E-state index in [9.17, 15) is 0 Å². The predicted octanol–water partition coefficient (Wildman–Crippen LogP) is 2.77. The highest BCUT2D eigenvalue weighted by Gasteiger charge is 2.24. The summed E-state index contributed by atoms with van der Waals surface area (Å²) in [5, 5.41) is 4.64. The highest BCUT2D eigenvalue weighted by molar-refractivity contribution is 5.09. The summed E-state index contributed by atoms with van der Waals surface area (Å²) in [5.41, 5.74) is 3.75. The van der Waals surface area contributed by atoms with Gasteiger partial charge in [0.2, 0.25) is 0 Å². The second kappa shape index (κ2) is 6.39. The average molecular weight is 284 g/mol. The lowest BCUT2D eigenvalue weighted by Gasteiger charge is -2.17. The van der Waals surface area contributed by atoms with Gasteiger partial charge >= 0.3 is 0 Å². The topological polar surface area (TPSA) is 34.0 Å². The summed E-state index contributed by atoms with van der Waals surface area (Å²) < 4.78 is 2.22. The molecule has 1 unspecified atom stereocenters. The van der Waals surface area contributed by atoms with Gasteiger partial charge in [0, 0.05) is 31.2 Å². The number of hydrogen-bond donors (Lipinski definition) is 0. The van der Waals surface area contributed by atoms with E-state index in [4.69, 9.17) is 0 Å². The van der Waals surface area contributed by atoms with Crippen molar-refractivity contribution in [1.82, 2.24) is 19.7 Å². The molecule has 3 rings (SSSR count). The third-order valence-corrected chi connectivity index (χ3v) is 4.30. The van der Waals surface area contributed by atoms with Crippen LogP contribution in [0.3, 0.4) is 0 Å². The molecule has 0 bridgehead atoms. The highest BCUT2D eigenvalue weighted by Crippen LogP contribution is 2.23. The van der Waals surface area contributed by atoms with Gasteiger partial charge in [0.25, 0.3) is 0 Å². The molecule has 112 valence electrons. The number of aromatic nitrogens is 3. The molecule has 1 aliphatic rings. The first kappa shape index (κ1) is 14.3. The summed E-state index contributed by atoms with van der Waals surface area (Å²) >= 11 is 0. The van der Waals surface area contributed by atoms with Crippen LogP contribution >= 0.6 is 0 Å². The van der Waals surface area contributed by atoms with Gasteiger partial charge in [0.15, 0.2) is 0 Å². The van der Waals surface area contributed by atoms with Gasteiger partial charge in [-0.25, -0.2) is 0 Å². The van der Waals surface area contributed by atoms with Crippen molar-refractivity contribution >= 4 is 0 Å². The lowest BCUT2D eigenvalue weighted by Crippen LogP contribution is -2.23. The Morgan fingerprint density at radius 1 is 1.33 bits per heavy atom. The van der Waals surface area contributed by atoms with E-state index in [0.717, 1.165) is 18.7 Å². The van der Waals surface area contributed by atoms with E-state index in [1.165, 1.54) is 37.2 Å². The van der Waals surface area contributed by atoms with E-state index in [1.807, 2.05) is 18.5 Å². The minimum Gasteiger partial charge on any atom is -0.301 e. The fraction of sp³-hybridized carbons (Fsp3) is 0.529. The van der Waals surface area contributed by atoms with Crippen LogP contribution < -0.4 is 0 Å². The zero-order chi connectivity index (χ0) is 14.7. The smallest absolute Gasteiger partial charge is 0.0661 e. The van der Waals surface area contributed by atoms with Crippen LogP contribution in [0.15, 0.2) is 30.6 Å². The maximum atomic E-state index is 4.64. The van der Waals surface area contributed by atoms with E-state index in [0.29, 0.717) is 6.04 Å². The van der Waals surface area contributed by atoms with Crippen molar-refractivity contribution in [1.29, 1.82) is 0 Å². The Kier molecular flexibility index (Phi) is 4.34. The second-order valence-electron chi connectivity index (χ2n) is 6.08. The number of pyridine rings is 1. The van der Waals surface area contributed by atoms with Crippen molar-refractivity contribution in [3.63, 3.8) is 0 Å². The Morgan fingerprint density at radius 3 is 2.95 bits per heavy atom. The number of aryl methyl sites for hydroxylation is 3. The van der Waals surface area contributed by atoms with E-state index in [2.05, 4.69) is 45.6 Å². The van der Waals surface area contributed by atoms with Crippen molar-refractivity contribution in [2.75, 3.05) is 19.6 Å². The molecule has 4 heteroatoms. The van der Waals surface area contributed by atoms with E-state index in [-0.39, 0.29) is 0 Å². The Labute approximate surface area is 126 Å². The van der Waals surface area contributed by atoms with Crippen molar-refractivity contribution in [2.24, 2.45) is 0 Å². The molecule has 1 fully saturated rings. The zero-order valence-electron chi connectivity index (χ0n) is 13.0. The largest absolute Gasteiger partial charge is 0.301 e. The van der Waals surface area contributed by atoms with Gasteiger partial charge in [-0.1, -0.05) is 6.07 Å². The Morgan fingerprint density at radius 2 is 2.24 bits per heavy atom. The normalized spacial score (nSPS) is 19.2. The number of hydrogen-bond acceptors (Lipinski definition) is 3. The highest BCUT2D eigenvalue weighted by atomic mass is 15.3. The van der Waals surface area contributed by atoms with Gasteiger partial charge in [0.05, 0.1) is 11.7 Å². The van der Waals surface area contributed by atoms with Gasteiger partial charge in [-0.2, -0.15) is 5.10 Å². The van der Waals surface area contributed by atoms with E-state index in [1.54, 1.807) is 0 Å². The molecular formula is C17H24N4. The van der Waals surface area contributed by atoms with Crippen LogP contribution in [-0.4, -0.2) is 39.3 Å². The summed E-state index contributed by atoms with van der Waals surface area (Å²) in [7, 11) is 0. The molecule has 0 aromatic carbocycles. The van der Waals surface area contributed by atoms with E-state index >= 15 is 0 Å². The molecule has 21 heavy (non-hydrogen) atoms. The van der Waals surface area contributed by atoms with Gasteiger partial charge in [-0.3, -0.25) is 9.67 Å². The molecule has 0 saturated carbocycles. The molecule has 2 aromatic heterocycles. The molecule has 1 saturated heterocycles. The van der Waals surface area contributed by atoms with Crippen molar-refractivity contribution in [3.8, 4) is 0 Å². The van der Waals surface area contributed by atoms with Crippen molar-refractivity contribution < 1.29 is 0 Å². The van der Waals surface area contributed by atoms with Crippen LogP contribution in [0.2, 0.25) is 0 Å². The third kappa shape index (κ3) is 3.50. The molecule has 4 nitrogen and oxygen atoms in total. The molecule has 0 spiro atoms. The quantitative estimate of drug-likeness (QED) is 0.846. The summed E-state index contributed by atoms with van der Waals surface area (Å²) in [6.45, 7) is 7.73. The first-order valence-corrected chi connectivity index (χ1v) is 7.86. The van der Waals surface area contributed by atoms with Crippen LogP contribution in [0, 0.1) is 13.8 Å². The Balaban J connectivity index is 1.48. The molecule has 0 amide bonds. The molecule has 0 aliphatic carbocycles. The average Bonchev–Trinajstić information content (AvgIpc) is 3.06. The lowest BCUT2D eigenvalue weighted by molar-refractivity contribution is 0.313. The van der Waals surface area contributed by atoms with Crippen molar-refractivity contribution in [2.45, 2.75) is 39.2 Å².